The van der Waals surface area contributed by atoms with Crippen molar-refractivity contribution in [3.05, 3.63) is 65.7 Å². The zero-order valence-corrected chi connectivity index (χ0v) is 15.3. The Morgan fingerprint density at radius 3 is 2.52 bits per heavy atom. The number of fused-ring (bicyclic) bond motifs is 4. The SMILES string of the molecule is O=C(Cc1ccccc1O)N1C[C@@H]2CC[C@H](C1)N(Cc1ccccc1)C2=O. The fraction of sp³-hybridized carbons (Fsp3) is 0.364. The standard InChI is InChI=1S/C22H24N2O3/c25-20-9-5-4-8-17(20)12-21(26)23-14-18-10-11-19(15-23)24(22(18)27)13-16-6-2-1-3-7-16/h1-9,18-19,25H,10-15H2/t18-,19+/m0/s1. The lowest BCUT2D eigenvalue weighted by Crippen LogP contribution is -2.47. The summed E-state index contributed by atoms with van der Waals surface area (Å²) < 4.78 is 0. The van der Waals surface area contributed by atoms with Gasteiger partial charge in [-0.1, -0.05) is 48.5 Å². The van der Waals surface area contributed by atoms with Crippen LogP contribution < -0.4 is 0 Å². The van der Waals surface area contributed by atoms with Crippen molar-refractivity contribution in [2.75, 3.05) is 13.1 Å². The smallest absolute Gasteiger partial charge is 0.228 e. The number of hydrogen-bond acceptors (Lipinski definition) is 3. The molecule has 0 unspecified atom stereocenters. The largest absolute Gasteiger partial charge is 0.508 e. The number of carbonyl (C=O) groups is 2. The van der Waals surface area contributed by atoms with Crippen LogP contribution in [0.1, 0.15) is 24.0 Å². The zero-order chi connectivity index (χ0) is 18.8. The number of carbonyl (C=O) groups excluding carboxylic acids is 2. The van der Waals surface area contributed by atoms with Crippen molar-refractivity contribution in [2.45, 2.75) is 31.8 Å². The molecule has 3 fully saturated rings. The lowest BCUT2D eigenvalue weighted by Gasteiger charge is -2.36. The van der Waals surface area contributed by atoms with Crippen LogP contribution in [-0.4, -0.2) is 45.9 Å². The van der Waals surface area contributed by atoms with Gasteiger partial charge >= 0.3 is 0 Å². The van der Waals surface area contributed by atoms with Gasteiger partial charge in [0.2, 0.25) is 11.8 Å². The molecule has 140 valence electrons. The highest BCUT2D eigenvalue weighted by molar-refractivity contribution is 5.84. The van der Waals surface area contributed by atoms with E-state index < -0.39 is 0 Å². The van der Waals surface area contributed by atoms with Gasteiger partial charge in [-0.15, -0.1) is 0 Å². The van der Waals surface area contributed by atoms with Crippen molar-refractivity contribution < 1.29 is 14.7 Å². The van der Waals surface area contributed by atoms with Crippen LogP contribution in [-0.2, 0) is 22.6 Å². The molecule has 5 nitrogen and oxygen atoms in total. The number of phenolic OH excluding ortho intramolecular Hbond substituents is 1. The third-order valence-corrected chi connectivity index (χ3v) is 5.68. The summed E-state index contributed by atoms with van der Waals surface area (Å²) in [6.45, 7) is 1.65. The predicted octanol–water partition coefficient (Wildman–Crippen LogP) is 2.58. The number of rotatable bonds is 4. The van der Waals surface area contributed by atoms with Gasteiger partial charge in [-0.05, 0) is 24.5 Å². The molecule has 0 radical (unpaired) electrons. The lowest BCUT2D eigenvalue weighted by atomic mass is 9.93. The summed E-state index contributed by atoms with van der Waals surface area (Å²) in [4.78, 5) is 29.6. The van der Waals surface area contributed by atoms with Crippen LogP contribution in [0.15, 0.2) is 54.6 Å². The molecule has 5 heteroatoms. The molecular formula is C22H24N2O3. The zero-order valence-electron chi connectivity index (χ0n) is 15.3. The molecule has 3 heterocycles. The molecule has 2 atom stereocenters. The number of phenols is 1. The van der Waals surface area contributed by atoms with E-state index in [0.717, 1.165) is 18.4 Å². The van der Waals surface area contributed by atoms with Gasteiger partial charge in [0.05, 0.1) is 12.3 Å². The molecule has 3 aliphatic rings. The summed E-state index contributed by atoms with van der Waals surface area (Å²) in [5.74, 6) is 0.155. The third kappa shape index (κ3) is 3.68. The van der Waals surface area contributed by atoms with E-state index in [4.69, 9.17) is 0 Å². The molecule has 0 aliphatic carbocycles. The average Bonchev–Trinajstić information content (AvgIpc) is 2.97. The Morgan fingerprint density at radius 1 is 1.00 bits per heavy atom. The van der Waals surface area contributed by atoms with Crippen molar-refractivity contribution >= 4 is 11.8 Å². The van der Waals surface area contributed by atoms with Crippen LogP contribution in [0, 0.1) is 5.92 Å². The van der Waals surface area contributed by atoms with E-state index >= 15 is 0 Å². The molecule has 2 bridgehead atoms. The Balaban J connectivity index is 1.49. The summed E-state index contributed by atoms with van der Waals surface area (Å²) >= 11 is 0. The summed E-state index contributed by atoms with van der Waals surface area (Å²) in [6.07, 6.45) is 1.94. The van der Waals surface area contributed by atoms with Crippen LogP contribution in [0.4, 0.5) is 0 Å². The molecule has 0 spiro atoms. The maximum absolute atomic E-state index is 12.9. The summed E-state index contributed by atoms with van der Waals surface area (Å²) in [7, 11) is 0. The predicted molar refractivity (Wildman–Crippen MR) is 102 cm³/mol. The highest BCUT2D eigenvalue weighted by Gasteiger charge is 2.41. The second kappa shape index (κ2) is 7.43. The minimum absolute atomic E-state index is 0.0252. The first kappa shape index (κ1) is 17.6. The van der Waals surface area contributed by atoms with Gasteiger partial charge in [0.1, 0.15) is 5.75 Å². The monoisotopic (exact) mass is 364 g/mol. The Morgan fingerprint density at radius 2 is 1.74 bits per heavy atom. The first-order valence-corrected chi connectivity index (χ1v) is 9.51. The van der Waals surface area contributed by atoms with Gasteiger partial charge in [0, 0.05) is 31.2 Å². The molecule has 3 aliphatic heterocycles. The van der Waals surface area contributed by atoms with Crippen LogP contribution in [0.25, 0.3) is 0 Å². The number of amides is 2. The van der Waals surface area contributed by atoms with Gasteiger partial charge < -0.3 is 14.9 Å². The van der Waals surface area contributed by atoms with Gasteiger partial charge in [-0.2, -0.15) is 0 Å². The molecule has 2 amide bonds. The van der Waals surface area contributed by atoms with E-state index in [0.29, 0.717) is 25.2 Å². The Hall–Kier alpha value is -2.82. The maximum atomic E-state index is 12.9. The maximum Gasteiger partial charge on any atom is 0.228 e. The van der Waals surface area contributed by atoms with E-state index in [9.17, 15) is 14.7 Å². The van der Waals surface area contributed by atoms with Crippen LogP contribution in [0.3, 0.4) is 0 Å². The molecule has 5 rings (SSSR count). The van der Waals surface area contributed by atoms with Crippen molar-refractivity contribution in [2.24, 2.45) is 5.92 Å². The minimum Gasteiger partial charge on any atom is -0.508 e. The summed E-state index contributed by atoms with van der Waals surface area (Å²) in [5, 5.41) is 9.94. The van der Waals surface area contributed by atoms with Gasteiger partial charge in [0.15, 0.2) is 0 Å². The Bertz CT molecular complexity index is 836. The fourth-order valence-electron chi connectivity index (χ4n) is 4.17. The molecule has 27 heavy (non-hydrogen) atoms. The van der Waals surface area contributed by atoms with Crippen molar-refractivity contribution in [3.63, 3.8) is 0 Å². The van der Waals surface area contributed by atoms with E-state index in [2.05, 4.69) is 0 Å². The van der Waals surface area contributed by atoms with E-state index in [-0.39, 0.29) is 35.9 Å². The van der Waals surface area contributed by atoms with Crippen LogP contribution >= 0.6 is 0 Å². The summed E-state index contributed by atoms with van der Waals surface area (Å²) in [6, 6.07) is 17.0. The Labute approximate surface area is 159 Å². The van der Waals surface area contributed by atoms with E-state index in [1.807, 2.05) is 46.2 Å². The first-order chi connectivity index (χ1) is 13.1. The summed E-state index contributed by atoms with van der Waals surface area (Å²) in [5.41, 5.74) is 1.75. The molecule has 1 N–H and O–H groups in total. The van der Waals surface area contributed by atoms with Gasteiger partial charge in [0.25, 0.3) is 0 Å². The second-order valence-corrected chi connectivity index (χ2v) is 7.48. The van der Waals surface area contributed by atoms with E-state index in [1.165, 1.54) is 0 Å². The quantitative estimate of drug-likeness (QED) is 0.907. The van der Waals surface area contributed by atoms with Crippen molar-refractivity contribution in [1.82, 2.24) is 9.80 Å². The lowest BCUT2D eigenvalue weighted by molar-refractivity contribution is -0.140. The van der Waals surface area contributed by atoms with E-state index in [1.54, 1.807) is 18.2 Å². The fourth-order valence-corrected chi connectivity index (χ4v) is 4.17. The average molecular weight is 364 g/mol. The molecule has 0 saturated carbocycles. The number of aromatic hydroxyl groups is 1. The van der Waals surface area contributed by atoms with Gasteiger partial charge in [-0.3, -0.25) is 9.59 Å². The number of para-hydroxylation sites is 1. The molecule has 3 saturated heterocycles. The molecule has 2 aromatic rings. The van der Waals surface area contributed by atoms with Crippen LogP contribution in [0.5, 0.6) is 5.75 Å². The third-order valence-electron chi connectivity index (χ3n) is 5.68. The molecular weight excluding hydrogens is 340 g/mol. The number of nitrogens with zero attached hydrogens (tertiary/aromatic N) is 2. The van der Waals surface area contributed by atoms with Crippen molar-refractivity contribution in [3.8, 4) is 5.75 Å². The van der Waals surface area contributed by atoms with Gasteiger partial charge in [-0.25, -0.2) is 0 Å². The highest BCUT2D eigenvalue weighted by Crippen LogP contribution is 2.31. The second-order valence-electron chi connectivity index (χ2n) is 7.48. The topological polar surface area (TPSA) is 60.9 Å². The van der Waals surface area contributed by atoms with Crippen molar-refractivity contribution in [1.29, 1.82) is 0 Å². The number of piperidine rings is 1. The molecule has 0 aromatic heterocycles. The van der Waals surface area contributed by atoms with Crippen LogP contribution in [0.2, 0.25) is 0 Å². The number of hydrogen-bond donors (Lipinski definition) is 1. The highest BCUT2D eigenvalue weighted by atomic mass is 16.3. The first-order valence-electron chi connectivity index (χ1n) is 9.51. The number of benzene rings is 2. The Kier molecular flexibility index (Phi) is 4.84. The minimum atomic E-state index is -0.124. The molecule has 2 aromatic carbocycles. The normalized spacial score (nSPS) is 22.0.